The van der Waals surface area contributed by atoms with Crippen LogP contribution in [0.4, 0.5) is 23.7 Å². The molecule has 1 aromatic carbocycles. The van der Waals surface area contributed by atoms with Gasteiger partial charge in [-0.05, 0) is 12.1 Å². The van der Waals surface area contributed by atoms with E-state index in [1.165, 1.54) is 0 Å². The summed E-state index contributed by atoms with van der Waals surface area (Å²) in [6, 6.07) is 1.82. The number of nitrogens with one attached hydrogen (secondary N) is 2. The first kappa shape index (κ1) is 17.1. The van der Waals surface area contributed by atoms with Crippen molar-refractivity contribution in [2.75, 3.05) is 11.9 Å². The number of carboxylic acid groups (broad SMARTS) is 1. The van der Waals surface area contributed by atoms with Crippen molar-refractivity contribution in [3.63, 3.8) is 0 Å². The highest BCUT2D eigenvalue weighted by molar-refractivity contribution is 6.33. The minimum absolute atomic E-state index is 0.334. The molecule has 10 heteroatoms. The molecular weight excluding hydrogens is 317 g/mol. The van der Waals surface area contributed by atoms with Gasteiger partial charge in [-0.25, -0.2) is 9.59 Å². The van der Waals surface area contributed by atoms with Crippen LogP contribution in [0.5, 0.6) is 0 Å². The van der Waals surface area contributed by atoms with Gasteiger partial charge in [0.1, 0.15) is 0 Å². The fourth-order valence-electron chi connectivity index (χ4n) is 1.32. The number of alkyl halides is 3. The average molecular weight is 327 g/mol. The van der Waals surface area contributed by atoms with Gasteiger partial charge in [-0.3, -0.25) is 0 Å². The van der Waals surface area contributed by atoms with E-state index in [-0.39, 0.29) is 5.02 Å². The number of carboxylic acids is 1. The molecule has 4 N–H and O–H groups in total. The molecule has 0 saturated carbocycles. The van der Waals surface area contributed by atoms with Crippen molar-refractivity contribution in [3.05, 3.63) is 28.8 Å². The number of halogens is 4. The third-order valence-corrected chi connectivity index (χ3v) is 2.61. The summed E-state index contributed by atoms with van der Waals surface area (Å²) in [6.07, 6.45) is -6.60. The van der Waals surface area contributed by atoms with E-state index in [9.17, 15) is 22.8 Å². The molecule has 2 amide bonds. The maximum atomic E-state index is 12.8. The Morgan fingerprint density at radius 3 is 2.48 bits per heavy atom. The van der Waals surface area contributed by atoms with E-state index in [4.69, 9.17) is 21.8 Å². The maximum Gasteiger partial charge on any atom is 0.418 e. The quantitative estimate of drug-likeness (QED) is 0.679. The fraction of sp³-hybridized carbons (Fsp3) is 0.273. The number of aliphatic carboxylic acids is 1. The lowest BCUT2D eigenvalue weighted by Crippen LogP contribution is -2.39. The number of carbonyl (C=O) groups is 2. The van der Waals surface area contributed by atoms with Crippen molar-refractivity contribution in [2.24, 2.45) is 0 Å². The lowest BCUT2D eigenvalue weighted by molar-refractivity contribution is -0.146. The monoisotopic (exact) mass is 326 g/mol. The van der Waals surface area contributed by atoms with Gasteiger partial charge in [0.15, 0.2) is 6.10 Å². The highest BCUT2D eigenvalue weighted by Crippen LogP contribution is 2.38. The summed E-state index contributed by atoms with van der Waals surface area (Å²) >= 11 is 5.61. The number of hydrogen-bond donors (Lipinski definition) is 4. The molecule has 0 fully saturated rings. The van der Waals surface area contributed by atoms with Gasteiger partial charge in [0.2, 0.25) is 0 Å². The van der Waals surface area contributed by atoms with Crippen molar-refractivity contribution in [1.29, 1.82) is 0 Å². The van der Waals surface area contributed by atoms with Crippen LogP contribution in [-0.2, 0) is 11.0 Å². The third kappa shape index (κ3) is 4.80. The van der Waals surface area contributed by atoms with Gasteiger partial charge in [-0.2, -0.15) is 13.2 Å². The van der Waals surface area contributed by atoms with Gasteiger partial charge >= 0.3 is 18.2 Å². The summed E-state index contributed by atoms with van der Waals surface area (Å²) < 4.78 is 38.3. The van der Waals surface area contributed by atoms with Gasteiger partial charge in [0.05, 0.1) is 22.8 Å². The number of para-hydroxylation sites is 1. The van der Waals surface area contributed by atoms with Gasteiger partial charge in [0, 0.05) is 0 Å². The zero-order valence-corrected chi connectivity index (χ0v) is 11.0. The van der Waals surface area contributed by atoms with Crippen molar-refractivity contribution >= 4 is 29.3 Å². The van der Waals surface area contributed by atoms with Crippen molar-refractivity contribution in [3.8, 4) is 0 Å². The van der Waals surface area contributed by atoms with Crippen molar-refractivity contribution < 1.29 is 33.0 Å². The number of anilines is 1. The van der Waals surface area contributed by atoms with E-state index in [0.29, 0.717) is 0 Å². The normalized spacial score (nSPS) is 12.6. The van der Waals surface area contributed by atoms with Crippen LogP contribution in [0.2, 0.25) is 5.02 Å². The Balaban J connectivity index is 2.83. The molecule has 0 unspecified atom stereocenters. The molecule has 1 aromatic rings. The number of aliphatic hydroxyl groups excluding tert-OH is 1. The smallest absolute Gasteiger partial charge is 0.418 e. The second kappa shape index (κ2) is 6.64. The number of carbonyl (C=O) groups excluding carboxylic acids is 1. The predicted molar refractivity (Wildman–Crippen MR) is 67.1 cm³/mol. The largest absolute Gasteiger partial charge is 0.479 e. The number of benzene rings is 1. The van der Waals surface area contributed by atoms with Crippen LogP contribution in [0.3, 0.4) is 0 Å². The third-order valence-electron chi connectivity index (χ3n) is 2.30. The topological polar surface area (TPSA) is 98.7 Å². The second-order valence-electron chi connectivity index (χ2n) is 3.85. The minimum atomic E-state index is -4.73. The zero-order chi connectivity index (χ0) is 16.2. The van der Waals surface area contributed by atoms with Crippen LogP contribution < -0.4 is 10.6 Å². The second-order valence-corrected chi connectivity index (χ2v) is 4.26. The Morgan fingerprint density at radius 2 is 1.95 bits per heavy atom. The lowest BCUT2D eigenvalue weighted by atomic mass is 10.1. The average Bonchev–Trinajstić information content (AvgIpc) is 2.36. The minimum Gasteiger partial charge on any atom is -0.479 e. The van der Waals surface area contributed by atoms with Crippen LogP contribution in [0.1, 0.15) is 5.56 Å². The predicted octanol–water partition coefficient (Wildman–Crippen LogP) is 1.93. The van der Waals surface area contributed by atoms with E-state index in [1.54, 1.807) is 0 Å². The molecule has 0 heterocycles. The molecule has 0 aliphatic heterocycles. The summed E-state index contributed by atoms with van der Waals surface area (Å²) in [5.41, 5.74) is -1.81. The summed E-state index contributed by atoms with van der Waals surface area (Å²) in [7, 11) is 0. The van der Waals surface area contributed by atoms with E-state index in [0.717, 1.165) is 18.2 Å². The molecule has 0 saturated heterocycles. The first-order valence-corrected chi connectivity index (χ1v) is 5.82. The Labute approximate surface area is 121 Å². The molecular formula is C11H10ClF3N2O4. The number of rotatable bonds is 4. The zero-order valence-electron chi connectivity index (χ0n) is 10.2. The molecule has 0 aromatic heterocycles. The van der Waals surface area contributed by atoms with Gasteiger partial charge in [-0.1, -0.05) is 17.7 Å². The van der Waals surface area contributed by atoms with Crippen LogP contribution in [-0.4, -0.2) is 34.9 Å². The number of aliphatic hydroxyl groups is 1. The van der Waals surface area contributed by atoms with Gasteiger partial charge < -0.3 is 20.8 Å². The van der Waals surface area contributed by atoms with Crippen LogP contribution in [0.25, 0.3) is 0 Å². The summed E-state index contributed by atoms with van der Waals surface area (Å²) in [4.78, 5) is 21.7. The number of amides is 2. The molecule has 21 heavy (non-hydrogen) atoms. The van der Waals surface area contributed by atoms with Gasteiger partial charge in [-0.15, -0.1) is 0 Å². The molecule has 0 spiro atoms. The van der Waals surface area contributed by atoms with Crippen LogP contribution in [0, 0.1) is 0 Å². The molecule has 0 bridgehead atoms. The molecule has 6 nitrogen and oxygen atoms in total. The molecule has 1 rings (SSSR count). The SMILES string of the molecule is O=C(NC[C@H](O)C(=O)O)Nc1c(Cl)cccc1C(F)(F)F. The van der Waals surface area contributed by atoms with Crippen molar-refractivity contribution in [1.82, 2.24) is 5.32 Å². The molecule has 0 aliphatic rings. The standard InChI is InChI=1S/C11H10ClF3N2O4/c12-6-3-1-2-5(11(13,14)15)8(6)17-10(21)16-4-7(18)9(19)20/h1-3,7,18H,4H2,(H,19,20)(H2,16,17,21)/t7-/m0/s1. The van der Waals surface area contributed by atoms with E-state index < -0.39 is 42.1 Å². The highest BCUT2D eigenvalue weighted by atomic mass is 35.5. The fourth-order valence-corrected chi connectivity index (χ4v) is 1.54. The Morgan fingerprint density at radius 1 is 1.33 bits per heavy atom. The first-order valence-electron chi connectivity index (χ1n) is 5.44. The molecule has 1 atom stereocenters. The Bertz CT molecular complexity index is 551. The van der Waals surface area contributed by atoms with Crippen LogP contribution in [0.15, 0.2) is 18.2 Å². The molecule has 0 radical (unpaired) electrons. The highest BCUT2D eigenvalue weighted by Gasteiger charge is 2.34. The Hall–Kier alpha value is -2.00. The maximum absolute atomic E-state index is 12.8. The summed E-state index contributed by atoms with van der Waals surface area (Å²) in [6.45, 7) is -0.674. The van der Waals surface area contributed by atoms with Gasteiger partial charge in [0.25, 0.3) is 0 Å². The summed E-state index contributed by atoms with van der Waals surface area (Å²) in [5, 5.41) is 20.8. The molecule has 0 aliphatic carbocycles. The van der Waals surface area contributed by atoms with Crippen molar-refractivity contribution in [2.45, 2.75) is 12.3 Å². The molecule has 116 valence electrons. The lowest BCUT2D eigenvalue weighted by Gasteiger charge is -2.16. The number of urea groups is 1. The van der Waals surface area contributed by atoms with Crippen LogP contribution >= 0.6 is 11.6 Å². The van der Waals surface area contributed by atoms with E-state index >= 15 is 0 Å². The summed E-state index contributed by atoms with van der Waals surface area (Å²) in [5.74, 6) is -1.58. The first-order chi connectivity index (χ1) is 9.62. The van der Waals surface area contributed by atoms with E-state index in [2.05, 4.69) is 0 Å². The number of hydrogen-bond acceptors (Lipinski definition) is 3. The van der Waals surface area contributed by atoms with E-state index in [1.807, 2.05) is 10.6 Å². The Kier molecular flexibility index (Phi) is 5.39.